The summed E-state index contributed by atoms with van der Waals surface area (Å²) in [6, 6.07) is 0.709. The zero-order chi connectivity index (χ0) is 18.1. The van der Waals surface area contributed by atoms with Gasteiger partial charge in [0.25, 0.3) is 11.8 Å². The highest BCUT2D eigenvalue weighted by Crippen LogP contribution is 2.46. The number of ether oxygens (including phenoxy) is 1. The number of imide groups is 1. The lowest BCUT2D eigenvalue weighted by molar-refractivity contribution is -0.143. The van der Waals surface area contributed by atoms with Crippen LogP contribution in [0.4, 0.5) is 19.0 Å². The van der Waals surface area contributed by atoms with Crippen LogP contribution < -0.4 is 5.01 Å². The Bertz CT molecular complexity index is 783. The van der Waals surface area contributed by atoms with Crippen LogP contribution in [-0.4, -0.2) is 41.1 Å². The number of hydrogen-bond acceptors (Lipinski definition) is 5. The molecule has 0 saturated carbocycles. The van der Waals surface area contributed by atoms with Gasteiger partial charge in [-0.05, 0) is 6.07 Å². The second-order valence-corrected chi connectivity index (χ2v) is 6.45. The van der Waals surface area contributed by atoms with E-state index in [4.69, 9.17) is 16.3 Å². The summed E-state index contributed by atoms with van der Waals surface area (Å²) >= 11 is 5.90. The molecule has 3 aliphatic heterocycles. The van der Waals surface area contributed by atoms with E-state index in [9.17, 15) is 22.8 Å². The van der Waals surface area contributed by atoms with E-state index < -0.39 is 47.6 Å². The molecule has 0 aromatic carbocycles. The molecule has 2 bridgehead atoms. The molecule has 25 heavy (non-hydrogen) atoms. The first kappa shape index (κ1) is 16.3. The minimum atomic E-state index is -4.59. The molecule has 1 aromatic heterocycles. The van der Waals surface area contributed by atoms with E-state index in [0.717, 1.165) is 10.0 Å². The molecule has 4 atom stereocenters. The molecular formula is C15H11ClF3N3O3. The first-order valence-electron chi connectivity index (χ1n) is 7.38. The molecule has 4 heterocycles. The molecule has 10 heteroatoms. The van der Waals surface area contributed by atoms with Gasteiger partial charge in [-0.15, -0.1) is 0 Å². The number of anilines is 1. The van der Waals surface area contributed by atoms with E-state index in [1.54, 1.807) is 12.2 Å². The highest BCUT2D eigenvalue weighted by molar-refractivity contribution is 6.33. The summed E-state index contributed by atoms with van der Waals surface area (Å²) in [7, 11) is 1.36. The fraction of sp³-hybridized carbons (Fsp3) is 0.400. The maximum Gasteiger partial charge on any atom is 0.417 e. The van der Waals surface area contributed by atoms with Crippen LogP contribution in [0.2, 0.25) is 5.02 Å². The number of amides is 2. The van der Waals surface area contributed by atoms with Crippen molar-refractivity contribution < 1.29 is 27.5 Å². The molecule has 0 unspecified atom stereocenters. The Hall–Kier alpha value is -2.13. The summed E-state index contributed by atoms with van der Waals surface area (Å²) in [5.41, 5.74) is -1.01. The third-order valence-electron chi connectivity index (χ3n) is 4.64. The van der Waals surface area contributed by atoms with E-state index in [0.29, 0.717) is 12.3 Å². The second-order valence-electron chi connectivity index (χ2n) is 6.04. The normalized spacial score (nSPS) is 30.4. The lowest BCUT2D eigenvalue weighted by Crippen LogP contribution is -2.46. The van der Waals surface area contributed by atoms with E-state index in [1.165, 1.54) is 7.05 Å². The van der Waals surface area contributed by atoms with Crippen LogP contribution in [0.5, 0.6) is 0 Å². The van der Waals surface area contributed by atoms with Crippen molar-refractivity contribution in [3.05, 3.63) is 35.0 Å². The van der Waals surface area contributed by atoms with E-state index >= 15 is 0 Å². The molecule has 0 spiro atoms. The number of carbonyl (C=O) groups is 2. The Morgan fingerprint density at radius 2 is 1.76 bits per heavy atom. The standard InChI is InChI=1S/C15H11ClF3N3O3/c1-21(12-7(16)4-6(5-20-12)15(17,18)19)22-13(23)10-8-2-3-9(25-8)11(10)14(22)24/h2-5,8-11H,1H3/t8-,9-,10-,11+/m1/s1. The molecule has 3 aliphatic rings. The highest BCUT2D eigenvalue weighted by Gasteiger charge is 2.62. The largest absolute Gasteiger partial charge is 0.417 e. The number of alkyl halides is 3. The first-order valence-corrected chi connectivity index (χ1v) is 7.76. The van der Waals surface area contributed by atoms with Gasteiger partial charge in [0, 0.05) is 13.2 Å². The Morgan fingerprint density at radius 3 is 2.24 bits per heavy atom. The van der Waals surface area contributed by atoms with Crippen LogP contribution in [0.3, 0.4) is 0 Å². The van der Waals surface area contributed by atoms with Gasteiger partial charge in [0.2, 0.25) is 0 Å². The van der Waals surface area contributed by atoms with E-state index in [-0.39, 0.29) is 10.8 Å². The maximum atomic E-state index is 12.7. The lowest BCUT2D eigenvalue weighted by atomic mass is 9.85. The Balaban J connectivity index is 1.65. The van der Waals surface area contributed by atoms with Crippen LogP contribution in [0, 0.1) is 11.8 Å². The number of halogens is 4. The number of hydrogen-bond donors (Lipinski definition) is 0. The van der Waals surface area contributed by atoms with Gasteiger partial charge < -0.3 is 4.74 Å². The molecule has 2 fully saturated rings. The average Bonchev–Trinajstić information content (AvgIpc) is 3.20. The van der Waals surface area contributed by atoms with Gasteiger partial charge >= 0.3 is 6.18 Å². The minimum absolute atomic E-state index is 0.113. The van der Waals surface area contributed by atoms with Crippen molar-refractivity contribution >= 4 is 29.2 Å². The average molecular weight is 374 g/mol. The third-order valence-corrected chi connectivity index (χ3v) is 4.92. The number of rotatable bonds is 2. The summed E-state index contributed by atoms with van der Waals surface area (Å²) in [5, 5.41) is 1.66. The zero-order valence-electron chi connectivity index (χ0n) is 12.7. The van der Waals surface area contributed by atoms with Crippen molar-refractivity contribution in [3.8, 4) is 0 Å². The van der Waals surface area contributed by atoms with Gasteiger partial charge in [-0.25, -0.2) is 4.98 Å². The smallest absolute Gasteiger partial charge is 0.365 e. The predicted molar refractivity (Wildman–Crippen MR) is 79.3 cm³/mol. The summed E-state index contributed by atoms with van der Waals surface area (Å²) < 4.78 is 43.7. The zero-order valence-corrected chi connectivity index (χ0v) is 13.5. The molecule has 4 rings (SSSR count). The number of carbonyl (C=O) groups excluding carboxylic acids is 2. The van der Waals surface area contributed by atoms with Crippen LogP contribution in [0.15, 0.2) is 24.4 Å². The first-order chi connectivity index (χ1) is 11.7. The summed E-state index contributed by atoms with van der Waals surface area (Å²) in [6.07, 6.45) is -1.42. The highest BCUT2D eigenvalue weighted by atomic mass is 35.5. The van der Waals surface area contributed by atoms with Gasteiger partial charge in [-0.2, -0.15) is 18.2 Å². The summed E-state index contributed by atoms with van der Waals surface area (Å²) in [6.45, 7) is 0. The van der Waals surface area contributed by atoms with Crippen molar-refractivity contribution in [2.75, 3.05) is 12.1 Å². The quantitative estimate of drug-likeness (QED) is 0.586. The molecule has 0 radical (unpaired) electrons. The monoisotopic (exact) mass is 373 g/mol. The molecule has 0 N–H and O–H groups in total. The minimum Gasteiger partial charge on any atom is -0.365 e. The van der Waals surface area contributed by atoms with Gasteiger partial charge in [0.15, 0.2) is 5.82 Å². The van der Waals surface area contributed by atoms with Crippen LogP contribution in [0.25, 0.3) is 0 Å². The molecular weight excluding hydrogens is 363 g/mol. The van der Waals surface area contributed by atoms with Gasteiger partial charge in [0.05, 0.1) is 34.6 Å². The van der Waals surface area contributed by atoms with Crippen molar-refractivity contribution in [2.45, 2.75) is 18.4 Å². The predicted octanol–water partition coefficient (Wildman–Crippen LogP) is 2.04. The van der Waals surface area contributed by atoms with Crippen molar-refractivity contribution in [3.63, 3.8) is 0 Å². The summed E-state index contributed by atoms with van der Waals surface area (Å²) in [5.74, 6) is -2.33. The molecule has 1 aromatic rings. The molecule has 2 saturated heterocycles. The Morgan fingerprint density at radius 1 is 1.20 bits per heavy atom. The van der Waals surface area contributed by atoms with Crippen molar-refractivity contribution in [1.29, 1.82) is 0 Å². The summed E-state index contributed by atoms with van der Waals surface area (Å²) in [4.78, 5) is 29.0. The third kappa shape index (κ3) is 2.26. The Kier molecular flexibility index (Phi) is 3.39. The number of nitrogens with zero attached hydrogens (tertiary/aromatic N) is 3. The van der Waals surface area contributed by atoms with Gasteiger partial charge in [0.1, 0.15) is 0 Å². The fourth-order valence-corrected chi connectivity index (χ4v) is 3.79. The van der Waals surface area contributed by atoms with Crippen LogP contribution in [0.1, 0.15) is 5.56 Å². The topological polar surface area (TPSA) is 62.7 Å². The molecule has 0 aliphatic carbocycles. The number of fused-ring (bicyclic) bond motifs is 5. The Labute approximate surface area is 144 Å². The molecule has 6 nitrogen and oxygen atoms in total. The van der Waals surface area contributed by atoms with Gasteiger partial charge in [-0.1, -0.05) is 23.8 Å². The number of hydrazine groups is 1. The van der Waals surface area contributed by atoms with E-state index in [1.807, 2.05) is 0 Å². The van der Waals surface area contributed by atoms with Crippen molar-refractivity contribution in [2.24, 2.45) is 11.8 Å². The number of pyridine rings is 1. The number of aromatic nitrogens is 1. The maximum absolute atomic E-state index is 12.7. The van der Waals surface area contributed by atoms with Crippen LogP contribution in [-0.2, 0) is 20.5 Å². The lowest BCUT2D eigenvalue weighted by Gasteiger charge is -2.29. The second kappa shape index (κ2) is 5.18. The van der Waals surface area contributed by atoms with Gasteiger partial charge in [-0.3, -0.25) is 14.6 Å². The molecule has 2 amide bonds. The van der Waals surface area contributed by atoms with Crippen LogP contribution >= 0.6 is 11.6 Å². The van der Waals surface area contributed by atoms with E-state index in [2.05, 4.69) is 4.98 Å². The SMILES string of the molecule is CN(c1ncc(C(F)(F)F)cc1Cl)N1C(=O)[C@@H]2[C@H](C1=O)[C@H]1C=C[C@H]2O1. The van der Waals surface area contributed by atoms with Crippen molar-refractivity contribution in [1.82, 2.24) is 9.99 Å². The molecule has 132 valence electrons. The fourth-order valence-electron chi connectivity index (χ4n) is 3.50.